The Kier molecular flexibility index (Phi) is 4.10. The van der Waals surface area contributed by atoms with Crippen molar-refractivity contribution in [2.24, 2.45) is 0 Å². The summed E-state index contributed by atoms with van der Waals surface area (Å²) in [6, 6.07) is 8.04. The molecule has 2 rings (SSSR count). The molecule has 0 aliphatic heterocycles. The molecular weight excluding hydrogens is 261 g/mol. The number of nitrogens with zero attached hydrogens (tertiary/aromatic N) is 1. The molecule has 0 radical (unpaired) electrons. The van der Waals surface area contributed by atoms with Crippen LogP contribution in [0.1, 0.15) is 11.1 Å². The first kappa shape index (κ1) is 13.7. The molecule has 0 aliphatic carbocycles. The SMILES string of the molecule is Cc1cccc(Oc2ccc(/C=C/C(=O)O)cn2)c1F. The molecule has 1 N–H and O–H groups in total. The van der Waals surface area contributed by atoms with Gasteiger partial charge >= 0.3 is 5.97 Å². The highest BCUT2D eigenvalue weighted by Crippen LogP contribution is 2.24. The number of aryl methyl sites for hydroxylation is 1. The monoisotopic (exact) mass is 273 g/mol. The highest BCUT2D eigenvalue weighted by atomic mass is 19.1. The molecule has 0 fully saturated rings. The van der Waals surface area contributed by atoms with Gasteiger partial charge in [0.05, 0.1) is 0 Å². The third-order valence-corrected chi connectivity index (χ3v) is 2.55. The molecule has 0 spiro atoms. The minimum Gasteiger partial charge on any atom is -0.478 e. The number of halogens is 1. The van der Waals surface area contributed by atoms with Gasteiger partial charge in [-0.1, -0.05) is 12.1 Å². The Labute approximate surface area is 115 Å². The zero-order chi connectivity index (χ0) is 14.5. The number of hydrogen-bond acceptors (Lipinski definition) is 3. The summed E-state index contributed by atoms with van der Waals surface area (Å²) in [5, 5.41) is 8.51. The van der Waals surface area contributed by atoms with Crippen LogP contribution in [0.2, 0.25) is 0 Å². The van der Waals surface area contributed by atoms with Crippen LogP contribution in [0.3, 0.4) is 0 Å². The molecule has 1 aromatic carbocycles. The lowest BCUT2D eigenvalue weighted by Gasteiger charge is -2.07. The number of carboxylic acid groups (broad SMARTS) is 1. The summed E-state index contributed by atoms with van der Waals surface area (Å²) in [6.07, 6.45) is 3.87. The first-order valence-electron chi connectivity index (χ1n) is 5.86. The van der Waals surface area contributed by atoms with Crippen molar-refractivity contribution in [3.05, 3.63) is 59.5 Å². The fourth-order valence-electron chi connectivity index (χ4n) is 1.53. The van der Waals surface area contributed by atoms with Crippen LogP contribution in [-0.4, -0.2) is 16.1 Å². The summed E-state index contributed by atoms with van der Waals surface area (Å²) >= 11 is 0. The lowest BCUT2D eigenvalue weighted by atomic mass is 10.2. The quantitative estimate of drug-likeness (QED) is 0.867. The van der Waals surface area contributed by atoms with Crippen LogP contribution >= 0.6 is 0 Å². The van der Waals surface area contributed by atoms with Crippen LogP contribution in [0.5, 0.6) is 11.6 Å². The lowest BCUT2D eigenvalue weighted by molar-refractivity contribution is -0.131. The van der Waals surface area contributed by atoms with Gasteiger partial charge in [0.25, 0.3) is 0 Å². The second-order valence-corrected chi connectivity index (χ2v) is 4.09. The van der Waals surface area contributed by atoms with E-state index in [2.05, 4.69) is 4.98 Å². The van der Waals surface area contributed by atoms with Gasteiger partial charge in [-0.3, -0.25) is 0 Å². The van der Waals surface area contributed by atoms with Gasteiger partial charge in [0.1, 0.15) is 0 Å². The molecule has 5 heteroatoms. The maximum Gasteiger partial charge on any atom is 0.328 e. The Morgan fingerprint density at radius 3 is 2.80 bits per heavy atom. The number of rotatable bonds is 4. The van der Waals surface area contributed by atoms with Gasteiger partial charge in [-0.2, -0.15) is 0 Å². The summed E-state index contributed by atoms with van der Waals surface area (Å²) in [6.45, 7) is 1.65. The number of aromatic nitrogens is 1. The van der Waals surface area contributed by atoms with Crippen molar-refractivity contribution in [1.29, 1.82) is 0 Å². The van der Waals surface area contributed by atoms with Gasteiger partial charge in [0.15, 0.2) is 11.6 Å². The number of aliphatic carboxylic acids is 1. The summed E-state index contributed by atoms with van der Waals surface area (Å²) < 4.78 is 19.1. The van der Waals surface area contributed by atoms with E-state index in [0.29, 0.717) is 11.1 Å². The maximum absolute atomic E-state index is 13.7. The fourth-order valence-corrected chi connectivity index (χ4v) is 1.53. The maximum atomic E-state index is 13.7. The Balaban J connectivity index is 2.15. The Morgan fingerprint density at radius 1 is 1.35 bits per heavy atom. The second-order valence-electron chi connectivity index (χ2n) is 4.09. The van der Waals surface area contributed by atoms with E-state index in [-0.39, 0.29) is 11.6 Å². The van der Waals surface area contributed by atoms with Gasteiger partial charge in [-0.05, 0) is 36.3 Å². The standard InChI is InChI=1S/C15H12FNO3/c1-10-3-2-4-12(15(10)16)20-13-7-5-11(9-17-13)6-8-14(18)19/h2-9H,1H3,(H,18,19)/b8-6+. The minimum absolute atomic E-state index is 0.103. The number of hydrogen-bond donors (Lipinski definition) is 1. The molecule has 0 saturated heterocycles. The largest absolute Gasteiger partial charge is 0.478 e. The molecular formula is C15H12FNO3. The van der Waals surface area contributed by atoms with Crippen LogP contribution < -0.4 is 4.74 Å². The second kappa shape index (κ2) is 5.97. The predicted octanol–water partition coefficient (Wildman–Crippen LogP) is 3.42. The smallest absolute Gasteiger partial charge is 0.328 e. The molecule has 0 unspecified atom stereocenters. The van der Waals surface area contributed by atoms with E-state index in [0.717, 1.165) is 6.08 Å². The molecule has 0 atom stereocenters. The van der Waals surface area contributed by atoms with Gasteiger partial charge < -0.3 is 9.84 Å². The highest BCUT2D eigenvalue weighted by Gasteiger charge is 2.07. The van der Waals surface area contributed by atoms with Gasteiger partial charge in [0, 0.05) is 18.3 Å². The van der Waals surface area contributed by atoms with Crippen molar-refractivity contribution < 1.29 is 19.0 Å². The average Bonchev–Trinajstić information content (AvgIpc) is 2.43. The lowest BCUT2D eigenvalue weighted by Crippen LogP contribution is -1.93. The normalized spacial score (nSPS) is 10.7. The Hall–Kier alpha value is -2.69. The number of ether oxygens (including phenoxy) is 1. The Morgan fingerprint density at radius 2 is 2.15 bits per heavy atom. The van der Waals surface area contributed by atoms with Crippen LogP contribution in [-0.2, 0) is 4.79 Å². The van der Waals surface area contributed by atoms with Crippen LogP contribution in [0, 0.1) is 12.7 Å². The molecule has 0 saturated carbocycles. The predicted molar refractivity (Wildman–Crippen MR) is 72.1 cm³/mol. The van der Waals surface area contributed by atoms with E-state index < -0.39 is 11.8 Å². The zero-order valence-corrected chi connectivity index (χ0v) is 10.7. The number of carbonyl (C=O) groups is 1. The van der Waals surface area contributed by atoms with E-state index in [1.165, 1.54) is 18.3 Å². The van der Waals surface area contributed by atoms with E-state index in [1.807, 2.05) is 0 Å². The number of pyridine rings is 1. The molecule has 1 aromatic heterocycles. The van der Waals surface area contributed by atoms with E-state index in [4.69, 9.17) is 9.84 Å². The van der Waals surface area contributed by atoms with Gasteiger partial charge in [-0.25, -0.2) is 14.2 Å². The minimum atomic E-state index is -1.04. The highest BCUT2D eigenvalue weighted by molar-refractivity contribution is 5.85. The van der Waals surface area contributed by atoms with Crippen molar-refractivity contribution in [1.82, 2.24) is 4.98 Å². The third kappa shape index (κ3) is 3.41. The molecule has 0 bridgehead atoms. The number of benzene rings is 1. The number of carboxylic acids is 1. The summed E-state index contributed by atoms with van der Waals surface area (Å²) in [4.78, 5) is 14.4. The van der Waals surface area contributed by atoms with Crippen molar-refractivity contribution in [3.8, 4) is 11.6 Å². The van der Waals surface area contributed by atoms with Crippen LogP contribution in [0.25, 0.3) is 6.08 Å². The molecule has 0 aliphatic rings. The van der Waals surface area contributed by atoms with Gasteiger partial charge in [-0.15, -0.1) is 0 Å². The molecule has 2 aromatic rings. The van der Waals surface area contributed by atoms with Crippen LogP contribution in [0.4, 0.5) is 4.39 Å². The van der Waals surface area contributed by atoms with Gasteiger partial charge in [0.2, 0.25) is 5.88 Å². The first-order valence-corrected chi connectivity index (χ1v) is 5.86. The summed E-state index contributed by atoms with van der Waals surface area (Å²) in [7, 11) is 0. The van der Waals surface area contributed by atoms with Crippen LogP contribution in [0.15, 0.2) is 42.6 Å². The Bertz CT molecular complexity index is 651. The van der Waals surface area contributed by atoms with Crippen molar-refractivity contribution in [2.45, 2.75) is 6.92 Å². The van der Waals surface area contributed by atoms with Crippen molar-refractivity contribution in [2.75, 3.05) is 0 Å². The van der Waals surface area contributed by atoms with Crippen molar-refractivity contribution in [3.63, 3.8) is 0 Å². The van der Waals surface area contributed by atoms with E-state index in [9.17, 15) is 9.18 Å². The summed E-state index contributed by atoms with van der Waals surface area (Å²) in [5.41, 5.74) is 1.10. The van der Waals surface area contributed by atoms with E-state index >= 15 is 0 Å². The summed E-state index contributed by atoms with van der Waals surface area (Å²) in [5.74, 6) is -1.12. The first-order chi connectivity index (χ1) is 9.56. The molecule has 0 amide bonds. The van der Waals surface area contributed by atoms with Crippen molar-refractivity contribution >= 4 is 12.0 Å². The molecule has 102 valence electrons. The molecule has 4 nitrogen and oxygen atoms in total. The van der Waals surface area contributed by atoms with E-state index in [1.54, 1.807) is 31.2 Å². The molecule has 20 heavy (non-hydrogen) atoms. The molecule has 1 heterocycles. The topological polar surface area (TPSA) is 59.4 Å². The third-order valence-electron chi connectivity index (χ3n) is 2.55. The zero-order valence-electron chi connectivity index (χ0n) is 10.7. The fraction of sp³-hybridized carbons (Fsp3) is 0.0667. The average molecular weight is 273 g/mol.